The molecule has 0 radical (unpaired) electrons. The van der Waals surface area contributed by atoms with Gasteiger partial charge in [0.15, 0.2) is 5.60 Å². The molecule has 1 unspecified atom stereocenters. The number of hydrogen-bond donors (Lipinski definition) is 4. The number of rotatable bonds is 16. The van der Waals surface area contributed by atoms with Gasteiger partial charge in [-0.15, -0.1) is 5.10 Å². The summed E-state index contributed by atoms with van der Waals surface area (Å²) in [4.78, 5) is 43.7. The van der Waals surface area contributed by atoms with E-state index in [1.54, 1.807) is 34.7 Å². The first-order valence-corrected chi connectivity index (χ1v) is 17.6. The molecule has 2 aromatic heterocycles. The van der Waals surface area contributed by atoms with E-state index >= 15 is 0 Å². The zero-order chi connectivity index (χ0) is 36.7. The summed E-state index contributed by atoms with van der Waals surface area (Å²) < 4.78 is 6.46. The number of allylic oxidation sites excluding steroid dienone is 1. The second kappa shape index (κ2) is 16.2. The highest BCUT2D eigenvalue weighted by atomic mass is 16.5. The van der Waals surface area contributed by atoms with Gasteiger partial charge < -0.3 is 30.2 Å². The van der Waals surface area contributed by atoms with Crippen molar-refractivity contribution in [2.45, 2.75) is 57.1 Å². The average molecular weight is 705 g/mol. The number of anilines is 2. The van der Waals surface area contributed by atoms with Gasteiger partial charge in [-0.2, -0.15) is 0 Å². The van der Waals surface area contributed by atoms with Gasteiger partial charge in [-0.05, 0) is 54.7 Å². The van der Waals surface area contributed by atoms with Crippen LogP contribution in [0.3, 0.4) is 0 Å². The maximum absolute atomic E-state index is 14.1. The number of methoxy groups -OCH3 is 1. The standard InChI is InChI=1S/C40H44N6O6/c1-27(12-8-10-20-45-25-35(43-44-45)32(26-47)28-13-4-3-5-14-28)40(51)33-23-30(42-37(48)22-29-24-41-34-16-7-6-15-31(29)34)18-19-36(33)46(39(40)50)21-11-9-17-38(49)52-2/h3-8,12-16,18-19,23-25,27,32,41,47,51H,9-11,17,20-22,26H2,1-2H3,(H,42,48)/b12-8+/t27-,32?,40+/m1/s1. The molecule has 0 saturated heterocycles. The topological polar surface area (TPSA) is 163 Å². The number of carbonyl (C=O) groups is 3. The fourth-order valence-corrected chi connectivity index (χ4v) is 6.83. The number of benzene rings is 3. The van der Waals surface area contributed by atoms with Gasteiger partial charge in [0.1, 0.15) is 0 Å². The Balaban J connectivity index is 1.17. The molecule has 52 heavy (non-hydrogen) atoms. The number of hydrogen-bond acceptors (Lipinski definition) is 8. The molecular formula is C40H44N6O6. The minimum atomic E-state index is -1.89. The molecule has 12 heteroatoms. The van der Waals surface area contributed by atoms with Crippen molar-refractivity contribution < 1.29 is 29.3 Å². The number of unbranched alkanes of at least 4 members (excludes halogenated alkanes) is 1. The maximum Gasteiger partial charge on any atom is 0.305 e. The van der Waals surface area contributed by atoms with Crippen LogP contribution in [0.15, 0.2) is 97.3 Å². The molecule has 0 aliphatic carbocycles. The van der Waals surface area contributed by atoms with E-state index in [4.69, 9.17) is 4.74 Å². The van der Waals surface area contributed by atoms with Crippen molar-refractivity contribution in [2.75, 3.05) is 30.5 Å². The molecule has 0 bridgehead atoms. The fourth-order valence-electron chi connectivity index (χ4n) is 6.83. The lowest BCUT2D eigenvalue weighted by molar-refractivity contribution is -0.140. The lowest BCUT2D eigenvalue weighted by atomic mass is 9.82. The van der Waals surface area contributed by atoms with E-state index in [0.717, 1.165) is 22.0 Å². The van der Waals surface area contributed by atoms with Gasteiger partial charge in [0.2, 0.25) is 5.91 Å². The van der Waals surface area contributed by atoms with Gasteiger partial charge in [-0.3, -0.25) is 19.1 Å². The van der Waals surface area contributed by atoms with E-state index in [1.807, 2.05) is 79.1 Å². The fraction of sp³-hybridized carbons (Fsp3) is 0.325. The summed E-state index contributed by atoms with van der Waals surface area (Å²) in [6.45, 7) is 2.51. The van der Waals surface area contributed by atoms with Crippen molar-refractivity contribution >= 4 is 40.1 Å². The van der Waals surface area contributed by atoms with Crippen molar-refractivity contribution in [3.8, 4) is 0 Å². The van der Waals surface area contributed by atoms with Crippen molar-refractivity contribution in [1.82, 2.24) is 20.0 Å². The summed E-state index contributed by atoms with van der Waals surface area (Å²) in [6, 6.07) is 22.6. The predicted molar refractivity (Wildman–Crippen MR) is 198 cm³/mol. The molecule has 6 rings (SSSR count). The molecule has 3 aromatic carbocycles. The number of esters is 1. The Kier molecular flexibility index (Phi) is 11.3. The summed E-state index contributed by atoms with van der Waals surface area (Å²) in [5, 5.41) is 34.7. The SMILES string of the molecule is COC(=O)CCCCN1C(=O)[C@](O)([C@H](C)/C=C/CCn2cc(C(CO)c3ccccc3)nn2)c2cc(NC(=O)Cc3c[nH]c4ccccc34)ccc21. The molecule has 2 amide bonds. The molecule has 0 spiro atoms. The number of aliphatic hydroxyl groups excluding tert-OH is 1. The molecular weight excluding hydrogens is 660 g/mol. The Labute approximate surface area is 302 Å². The molecule has 4 N–H and O–H groups in total. The van der Waals surface area contributed by atoms with Crippen molar-refractivity contribution in [2.24, 2.45) is 5.92 Å². The molecule has 1 aliphatic rings. The summed E-state index contributed by atoms with van der Waals surface area (Å²) in [5.74, 6) is -1.91. The predicted octanol–water partition coefficient (Wildman–Crippen LogP) is 5.22. The zero-order valence-electron chi connectivity index (χ0n) is 29.4. The second-order valence-electron chi connectivity index (χ2n) is 13.1. The molecule has 5 aromatic rings. The Morgan fingerprint density at radius 1 is 1.06 bits per heavy atom. The number of carbonyl (C=O) groups excluding carboxylic acids is 3. The van der Waals surface area contributed by atoms with E-state index in [-0.39, 0.29) is 37.2 Å². The smallest absolute Gasteiger partial charge is 0.305 e. The van der Waals surface area contributed by atoms with Gasteiger partial charge in [-0.1, -0.05) is 72.8 Å². The Morgan fingerprint density at radius 2 is 1.85 bits per heavy atom. The first-order chi connectivity index (χ1) is 25.2. The third-order valence-corrected chi connectivity index (χ3v) is 9.73. The van der Waals surface area contributed by atoms with Crippen LogP contribution >= 0.6 is 0 Å². The summed E-state index contributed by atoms with van der Waals surface area (Å²) in [7, 11) is 1.34. The highest BCUT2D eigenvalue weighted by molar-refractivity contribution is 6.08. The molecule has 0 fully saturated rings. The Hall–Kier alpha value is -5.59. The van der Waals surface area contributed by atoms with E-state index in [9.17, 15) is 24.6 Å². The largest absolute Gasteiger partial charge is 0.469 e. The van der Waals surface area contributed by atoms with Crippen molar-refractivity contribution in [3.63, 3.8) is 0 Å². The zero-order valence-corrected chi connectivity index (χ0v) is 29.4. The Morgan fingerprint density at radius 3 is 2.63 bits per heavy atom. The number of fused-ring (bicyclic) bond motifs is 2. The highest BCUT2D eigenvalue weighted by Crippen LogP contribution is 2.46. The number of nitrogens with zero attached hydrogens (tertiary/aromatic N) is 4. The van der Waals surface area contributed by atoms with Crippen LogP contribution in [0.25, 0.3) is 10.9 Å². The quantitative estimate of drug-likeness (QED) is 0.0617. The van der Waals surface area contributed by atoms with E-state index in [1.165, 1.54) is 7.11 Å². The monoisotopic (exact) mass is 704 g/mol. The first-order valence-electron chi connectivity index (χ1n) is 17.6. The van der Waals surface area contributed by atoms with Crippen LogP contribution < -0.4 is 10.2 Å². The van der Waals surface area contributed by atoms with Gasteiger partial charge >= 0.3 is 5.97 Å². The van der Waals surface area contributed by atoms with Gasteiger partial charge in [0.25, 0.3) is 5.91 Å². The van der Waals surface area contributed by atoms with Gasteiger partial charge in [0.05, 0.1) is 37.4 Å². The maximum atomic E-state index is 14.1. The van der Waals surface area contributed by atoms with Gasteiger partial charge in [0, 0.05) is 60.0 Å². The average Bonchev–Trinajstić information content (AvgIpc) is 3.85. The molecule has 12 nitrogen and oxygen atoms in total. The number of aromatic nitrogens is 4. The number of aliphatic hydroxyl groups is 2. The van der Waals surface area contributed by atoms with Crippen LogP contribution in [0.2, 0.25) is 0 Å². The highest BCUT2D eigenvalue weighted by Gasteiger charge is 2.52. The number of ether oxygens (including phenoxy) is 1. The molecule has 3 atom stereocenters. The third-order valence-electron chi connectivity index (χ3n) is 9.73. The lowest BCUT2D eigenvalue weighted by Gasteiger charge is -2.28. The van der Waals surface area contributed by atoms with Crippen LogP contribution in [-0.4, -0.2) is 68.2 Å². The number of H-pyrrole nitrogens is 1. The van der Waals surface area contributed by atoms with Crippen LogP contribution in [0.4, 0.5) is 11.4 Å². The number of aryl methyl sites for hydroxylation is 1. The van der Waals surface area contributed by atoms with Gasteiger partial charge in [-0.25, -0.2) is 0 Å². The van der Waals surface area contributed by atoms with Crippen molar-refractivity contribution in [3.05, 3.63) is 120 Å². The van der Waals surface area contributed by atoms with Crippen LogP contribution in [0.1, 0.15) is 60.9 Å². The molecule has 1 aliphatic heterocycles. The Bertz CT molecular complexity index is 2060. The summed E-state index contributed by atoms with van der Waals surface area (Å²) in [5.41, 5.74) is 2.98. The van der Waals surface area contributed by atoms with E-state index in [2.05, 4.69) is 20.6 Å². The minimum absolute atomic E-state index is 0.0913. The molecule has 3 heterocycles. The van der Waals surface area contributed by atoms with Crippen molar-refractivity contribution in [1.29, 1.82) is 0 Å². The number of para-hydroxylation sites is 1. The van der Waals surface area contributed by atoms with E-state index < -0.39 is 17.4 Å². The molecule has 0 saturated carbocycles. The van der Waals surface area contributed by atoms with Crippen LogP contribution in [0.5, 0.6) is 0 Å². The normalized spacial score (nSPS) is 16.7. The molecule has 270 valence electrons. The second-order valence-corrected chi connectivity index (χ2v) is 13.1. The third kappa shape index (κ3) is 7.68. The number of amides is 2. The van der Waals surface area contributed by atoms with Crippen LogP contribution in [-0.2, 0) is 37.7 Å². The summed E-state index contributed by atoms with van der Waals surface area (Å²) >= 11 is 0. The van der Waals surface area contributed by atoms with E-state index in [0.29, 0.717) is 55.0 Å². The minimum Gasteiger partial charge on any atom is -0.469 e. The lowest BCUT2D eigenvalue weighted by Crippen LogP contribution is -2.44. The summed E-state index contributed by atoms with van der Waals surface area (Å²) in [6.07, 6.45) is 9.37. The number of aromatic amines is 1. The first kappa shape index (κ1) is 36.2. The van der Waals surface area contributed by atoms with Crippen LogP contribution in [0, 0.1) is 5.92 Å². The number of nitrogens with one attached hydrogen (secondary N) is 2.